The molecular weight excluding hydrogens is 366 g/mol. The molecule has 2 N–H and O–H groups in total. The van der Waals surface area contributed by atoms with E-state index in [4.69, 9.17) is 4.74 Å². The zero-order valence-electron chi connectivity index (χ0n) is 17.5. The zero-order chi connectivity index (χ0) is 20.5. The number of carbonyl (C=O) groups excluding carboxylic acids is 1. The molecule has 29 heavy (non-hydrogen) atoms. The van der Waals surface area contributed by atoms with Crippen molar-refractivity contribution in [2.45, 2.75) is 39.3 Å². The summed E-state index contributed by atoms with van der Waals surface area (Å²) in [6.07, 6.45) is 5.89. The number of hydrogen-bond acceptors (Lipinski definition) is 4. The lowest BCUT2D eigenvalue weighted by molar-refractivity contribution is 0.00237. The Morgan fingerprint density at radius 1 is 1.17 bits per heavy atom. The Hall–Kier alpha value is -2.38. The number of nitrogens with zero attached hydrogens (tertiary/aromatic N) is 3. The minimum atomic E-state index is -0.126. The normalized spacial score (nSPS) is 16.0. The number of aromatic nitrogens is 2. The number of carbonyl (C=O) groups is 1. The minimum Gasteiger partial charge on any atom is -0.379 e. The second-order valence-corrected chi connectivity index (χ2v) is 7.48. The maximum atomic E-state index is 12.4. The molecule has 1 fully saturated rings. The summed E-state index contributed by atoms with van der Waals surface area (Å²) in [4.78, 5) is 14.9. The molecule has 2 heterocycles. The highest BCUT2D eigenvalue weighted by atomic mass is 16.5. The third-order valence-electron chi connectivity index (χ3n) is 5.71. The summed E-state index contributed by atoms with van der Waals surface area (Å²) in [6.45, 7) is 9.02. The molecule has 1 unspecified atom stereocenters. The topological polar surface area (TPSA) is 71.4 Å². The lowest BCUT2D eigenvalue weighted by atomic mass is 9.92. The van der Waals surface area contributed by atoms with Crippen LogP contribution in [0.15, 0.2) is 42.7 Å². The van der Waals surface area contributed by atoms with E-state index in [0.29, 0.717) is 25.0 Å². The zero-order valence-corrected chi connectivity index (χ0v) is 17.5. The van der Waals surface area contributed by atoms with Crippen LogP contribution < -0.4 is 10.6 Å². The van der Waals surface area contributed by atoms with E-state index in [1.54, 1.807) is 6.20 Å². The van der Waals surface area contributed by atoms with Crippen molar-refractivity contribution in [2.24, 2.45) is 5.92 Å². The van der Waals surface area contributed by atoms with Gasteiger partial charge in [0.25, 0.3) is 0 Å². The SMILES string of the molecule is CCC(CC)C(CNC(=O)NCc1cccc(-n2cccn2)c1)N1CCOCC1. The van der Waals surface area contributed by atoms with E-state index in [9.17, 15) is 4.79 Å². The summed E-state index contributed by atoms with van der Waals surface area (Å²) in [6, 6.07) is 10.1. The van der Waals surface area contributed by atoms with Gasteiger partial charge < -0.3 is 15.4 Å². The van der Waals surface area contributed by atoms with Gasteiger partial charge in [0.2, 0.25) is 0 Å². The van der Waals surface area contributed by atoms with Gasteiger partial charge in [0, 0.05) is 44.6 Å². The van der Waals surface area contributed by atoms with Crippen molar-refractivity contribution >= 4 is 6.03 Å². The Morgan fingerprint density at radius 3 is 2.66 bits per heavy atom. The third kappa shape index (κ3) is 6.05. The molecule has 0 radical (unpaired) electrons. The van der Waals surface area contributed by atoms with Crippen molar-refractivity contribution in [3.63, 3.8) is 0 Å². The highest BCUT2D eigenvalue weighted by Crippen LogP contribution is 2.19. The molecule has 0 spiro atoms. The van der Waals surface area contributed by atoms with Gasteiger partial charge in [-0.1, -0.05) is 38.8 Å². The molecule has 0 bridgehead atoms. The first-order chi connectivity index (χ1) is 14.2. The predicted octanol–water partition coefficient (Wildman–Crippen LogP) is 2.81. The number of nitrogens with one attached hydrogen (secondary N) is 2. The summed E-state index contributed by atoms with van der Waals surface area (Å²) < 4.78 is 7.31. The molecular formula is C22H33N5O2. The van der Waals surface area contributed by atoms with Crippen LogP contribution in [0.5, 0.6) is 0 Å². The molecule has 1 aliphatic heterocycles. The molecule has 1 atom stereocenters. The summed E-state index contributed by atoms with van der Waals surface area (Å²) >= 11 is 0. The standard InChI is InChI=1S/C22H33N5O2/c1-3-19(4-2)21(26-11-13-29-14-12-26)17-24-22(28)23-16-18-7-5-8-20(15-18)27-10-6-9-25-27/h5-10,15,19,21H,3-4,11-14,16-17H2,1-2H3,(H2,23,24,28). The van der Waals surface area contributed by atoms with Crippen LogP contribution in [-0.4, -0.2) is 59.6 Å². The first kappa shape index (κ1) is 21.3. The molecule has 1 aromatic heterocycles. The van der Waals surface area contributed by atoms with Crippen LogP contribution in [0.2, 0.25) is 0 Å². The average Bonchev–Trinajstić information content (AvgIpc) is 3.31. The smallest absolute Gasteiger partial charge is 0.315 e. The highest BCUT2D eigenvalue weighted by Gasteiger charge is 2.27. The van der Waals surface area contributed by atoms with Gasteiger partial charge in [0.1, 0.15) is 0 Å². The monoisotopic (exact) mass is 399 g/mol. The maximum Gasteiger partial charge on any atom is 0.315 e. The first-order valence-electron chi connectivity index (χ1n) is 10.6. The molecule has 7 nitrogen and oxygen atoms in total. The third-order valence-corrected chi connectivity index (χ3v) is 5.71. The molecule has 0 aliphatic carbocycles. The van der Waals surface area contributed by atoms with Crippen LogP contribution in [0, 0.1) is 5.92 Å². The molecule has 0 saturated carbocycles. The van der Waals surface area contributed by atoms with Gasteiger partial charge in [-0.15, -0.1) is 0 Å². The molecule has 7 heteroatoms. The lowest BCUT2D eigenvalue weighted by Crippen LogP contribution is -2.53. The Labute approximate surface area is 173 Å². The van der Waals surface area contributed by atoms with E-state index in [-0.39, 0.29) is 6.03 Å². The van der Waals surface area contributed by atoms with E-state index < -0.39 is 0 Å². The Balaban J connectivity index is 1.52. The summed E-state index contributed by atoms with van der Waals surface area (Å²) in [5, 5.41) is 10.3. The molecule has 1 aliphatic rings. The quantitative estimate of drug-likeness (QED) is 0.680. The largest absolute Gasteiger partial charge is 0.379 e. The van der Waals surface area contributed by atoms with Gasteiger partial charge in [0.15, 0.2) is 0 Å². The Bertz CT molecular complexity index is 739. The average molecular weight is 400 g/mol. The fraction of sp³-hybridized carbons (Fsp3) is 0.545. The second kappa shape index (κ2) is 11.0. The molecule has 158 valence electrons. The van der Waals surface area contributed by atoms with E-state index >= 15 is 0 Å². The molecule has 2 amide bonds. The summed E-state index contributed by atoms with van der Waals surface area (Å²) in [5.74, 6) is 0.569. The van der Waals surface area contributed by atoms with Gasteiger partial charge in [-0.25, -0.2) is 9.48 Å². The van der Waals surface area contributed by atoms with Gasteiger partial charge in [-0.3, -0.25) is 4.90 Å². The van der Waals surface area contributed by atoms with Crippen LogP contribution >= 0.6 is 0 Å². The minimum absolute atomic E-state index is 0.126. The maximum absolute atomic E-state index is 12.4. The molecule has 1 aromatic carbocycles. The Kier molecular flexibility index (Phi) is 8.07. The summed E-state index contributed by atoms with van der Waals surface area (Å²) in [5.41, 5.74) is 2.02. The number of rotatable bonds is 9. The van der Waals surface area contributed by atoms with Crippen molar-refractivity contribution in [2.75, 3.05) is 32.8 Å². The molecule has 2 aromatic rings. The van der Waals surface area contributed by atoms with Gasteiger partial charge >= 0.3 is 6.03 Å². The van der Waals surface area contributed by atoms with Crippen molar-refractivity contribution in [3.8, 4) is 5.69 Å². The fourth-order valence-corrected chi connectivity index (χ4v) is 4.01. The van der Waals surface area contributed by atoms with E-state index in [2.05, 4.69) is 34.5 Å². The van der Waals surface area contributed by atoms with Crippen LogP contribution in [0.4, 0.5) is 4.79 Å². The number of ether oxygens (including phenoxy) is 1. The van der Waals surface area contributed by atoms with Crippen LogP contribution in [0.1, 0.15) is 32.3 Å². The number of urea groups is 1. The molecule has 1 saturated heterocycles. The number of amides is 2. The predicted molar refractivity (Wildman–Crippen MR) is 114 cm³/mol. The van der Waals surface area contributed by atoms with Crippen molar-refractivity contribution < 1.29 is 9.53 Å². The van der Waals surface area contributed by atoms with Crippen LogP contribution in [0.3, 0.4) is 0 Å². The van der Waals surface area contributed by atoms with E-state index in [0.717, 1.165) is 50.4 Å². The lowest BCUT2D eigenvalue weighted by Gasteiger charge is -2.38. The number of benzene rings is 1. The van der Waals surface area contributed by atoms with E-state index in [1.165, 1.54) is 0 Å². The first-order valence-corrected chi connectivity index (χ1v) is 10.6. The van der Waals surface area contributed by atoms with Gasteiger partial charge in [-0.2, -0.15) is 5.10 Å². The van der Waals surface area contributed by atoms with Crippen molar-refractivity contribution in [1.29, 1.82) is 0 Å². The molecule has 3 rings (SSSR count). The van der Waals surface area contributed by atoms with Crippen molar-refractivity contribution in [1.82, 2.24) is 25.3 Å². The Morgan fingerprint density at radius 2 is 1.97 bits per heavy atom. The summed E-state index contributed by atoms with van der Waals surface area (Å²) in [7, 11) is 0. The number of hydrogen-bond donors (Lipinski definition) is 2. The van der Waals surface area contributed by atoms with Crippen molar-refractivity contribution in [3.05, 3.63) is 48.3 Å². The highest BCUT2D eigenvalue weighted by molar-refractivity contribution is 5.73. The van der Waals surface area contributed by atoms with Crippen LogP contribution in [0.25, 0.3) is 5.69 Å². The van der Waals surface area contributed by atoms with E-state index in [1.807, 2.05) is 41.2 Å². The van der Waals surface area contributed by atoms with Crippen LogP contribution in [-0.2, 0) is 11.3 Å². The van der Waals surface area contributed by atoms with Gasteiger partial charge in [0.05, 0.1) is 18.9 Å². The van der Waals surface area contributed by atoms with Gasteiger partial charge in [-0.05, 0) is 29.7 Å². The second-order valence-electron chi connectivity index (χ2n) is 7.48. The number of morpholine rings is 1. The fourth-order valence-electron chi connectivity index (χ4n) is 4.01.